The van der Waals surface area contributed by atoms with Gasteiger partial charge in [-0.15, -0.1) is 0 Å². The first-order valence-corrected chi connectivity index (χ1v) is 8.12. The van der Waals surface area contributed by atoms with Gasteiger partial charge >= 0.3 is 0 Å². The SMILES string of the molecule is CNC(CCCc1ccccc1)C1(c2ccccc2)CC1. The molecule has 1 heteroatoms. The molecule has 1 aliphatic carbocycles. The van der Waals surface area contributed by atoms with Crippen LogP contribution in [-0.2, 0) is 11.8 Å². The highest BCUT2D eigenvalue weighted by Crippen LogP contribution is 2.51. The van der Waals surface area contributed by atoms with Crippen LogP contribution in [0.1, 0.15) is 36.8 Å². The van der Waals surface area contributed by atoms with Gasteiger partial charge in [0.25, 0.3) is 0 Å². The fourth-order valence-electron chi connectivity index (χ4n) is 3.59. The first-order valence-electron chi connectivity index (χ1n) is 8.12. The van der Waals surface area contributed by atoms with E-state index in [-0.39, 0.29) is 0 Å². The summed E-state index contributed by atoms with van der Waals surface area (Å²) in [6.45, 7) is 0. The van der Waals surface area contributed by atoms with Crippen LogP contribution in [0.4, 0.5) is 0 Å². The Morgan fingerprint density at radius 1 is 0.952 bits per heavy atom. The predicted octanol–water partition coefficient (Wildman–Crippen LogP) is 4.33. The lowest BCUT2D eigenvalue weighted by Crippen LogP contribution is -2.37. The van der Waals surface area contributed by atoms with Crippen molar-refractivity contribution in [1.82, 2.24) is 5.32 Å². The molecule has 0 bridgehead atoms. The Balaban J connectivity index is 1.61. The number of aryl methyl sites for hydroxylation is 1. The number of nitrogens with one attached hydrogen (secondary N) is 1. The van der Waals surface area contributed by atoms with Gasteiger partial charge in [0.05, 0.1) is 0 Å². The summed E-state index contributed by atoms with van der Waals surface area (Å²) in [4.78, 5) is 0. The van der Waals surface area contributed by atoms with Crippen molar-refractivity contribution in [3.05, 3.63) is 71.8 Å². The maximum Gasteiger partial charge on any atom is 0.0161 e. The minimum Gasteiger partial charge on any atom is -0.316 e. The van der Waals surface area contributed by atoms with E-state index in [2.05, 4.69) is 73.0 Å². The molecular formula is C20H25N. The highest BCUT2D eigenvalue weighted by atomic mass is 14.9. The molecule has 2 aromatic carbocycles. The second-order valence-electron chi connectivity index (χ2n) is 6.24. The molecule has 0 amide bonds. The molecule has 1 saturated carbocycles. The maximum atomic E-state index is 3.59. The van der Waals surface area contributed by atoms with Gasteiger partial charge < -0.3 is 5.32 Å². The summed E-state index contributed by atoms with van der Waals surface area (Å²) in [5, 5.41) is 3.59. The zero-order valence-electron chi connectivity index (χ0n) is 12.9. The van der Waals surface area contributed by atoms with Gasteiger partial charge in [-0.2, -0.15) is 0 Å². The van der Waals surface area contributed by atoms with E-state index in [0.29, 0.717) is 11.5 Å². The van der Waals surface area contributed by atoms with E-state index >= 15 is 0 Å². The molecule has 0 aliphatic heterocycles. The van der Waals surface area contributed by atoms with E-state index in [1.54, 1.807) is 0 Å². The molecule has 110 valence electrons. The fourth-order valence-corrected chi connectivity index (χ4v) is 3.59. The van der Waals surface area contributed by atoms with Crippen LogP contribution in [0.5, 0.6) is 0 Å². The molecule has 1 nitrogen and oxygen atoms in total. The summed E-state index contributed by atoms with van der Waals surface area (Å²) in [6, 6.07) is 22.5. The van der Waals surface area contributed by atoms with Crippen LogP contribution >= 0.6 is 0 Å². The van der Waals surface area contributed by atoms with Crippen molar-refractivity contribution in [3.63, 3.8) is 0 Å². The van der Waals surface area contributed by atoms with Crippen molar-refractivity contribution >= 4 is 0 Å². The van der Waals surface area contributed by atoms with Crippen molar-refractivity contribution in [2.75, 3.05) is 7.05 Å². The molecular weight excluding hydrogens is 254 g/mol. The summed E-state index contributed by atoms with van der Waals surface area (Å²) >= 11 is 0. The number of hydrogen-bond acceptors (Lipinski definition) is 1. The third-order valence-corrected chi connectivity index (χ3v) is 4.95. The van der Waals surface area contributed by atoms with Crippen LogP contribution in [0.15, 0.2) is 60.7 Å². The van der Waals surface area contributed by atoms with Gasteiger partial charge in [0.1, 0.15) is 0 Å². The normalized spacial score (nSPS) is 17.4. The molecule has 3 rings (SSSR count). The molecule has 0 saturated heterocycles. The molecule has 1 unspecified atom stereocenters. The van der Waals surface area contributed by atoms with E-state index in [1.807, 2.05) is 0 Å². The highest BCUT2D eigenvalue weighted by Gasteiger charge is 2.49. The Bertz CT molecular complexity index is 543. The number of benzene rings is 2. The van der Waals surface area contributed by atoms with E-state index in [9.17, 15) is 0 Å². The van der Waals surface area contributed by atoms with Gasteiger partial charge in [-0.25, -0.2) is 0 Å². The molecule has 1 N–H and O–H groups in total. The largest absolute Gasteiger partial charge is 0.316 e. The quantitative estimate of drug-likeness (QED) is 0.795. The summed E-state index contributed by atoms with van der Waals surface area (Å²) < 4.78 is 0. The Morgan fingerprint density at radius 3 is 2.14 bits per heavy atom. The van der Waals surface area contributed by atoms with Crippen LogP contribution in [0, 0.1) is 0 Å². The van der Waals surface area contributed by atoms with E-state index in [1.165, 1.54) is 43.2 Å². The lowest BCUT2D eigenvalue weighted by atomic mass is 9.85. The van der Waals surface area contributed by atoms with Gasteiger partial charge in [0, 0.05) is 11.5 Å². The zero-order chi connectivity index (χ0) is 14.5. The topological polar surface area (TPSA) is 12.0 Å². The monoisotopic (exact) mass is 279 g/mol. The van der Waals surface area contributed by atoms with Crippen molar-refractivity contribution in [1.29, 1.82) is 0 Å². The zero-order valence-corrected chi connectivity index (χ0v) is 12.9. The van der Waals surface area contributed by atoms with Crippen molar-refractivity contribution < 1.29 is 0 Å². The highest BCUT2D eigenvalue weighted by molar-refractivity contribution is 5.33. The van der Waals surface area contributed by atoms with Crippen LogP contribution < -0.4 is 5.32 Å². The second-order valence-corrected chi connectivity index (χ2v) is 6.24. The molecule has 0 spiro atoms. The average Bonchev–Trinajstić information content (AvgIpc) is 3.35. The third-order valence-electron chi connectivity index (χ3n) is 4.95. The first-order chi connectivity index (χ1) is 10.3. The van der Waals surface area contributed by atoms with Crippen LogP contribution in [0.2, 0.25) is 0 Å². The summed E-state index contributed by atoms with van der Waals surface area (Å²) in [7, 11) is 2.12. The van der Waals surface area contributed by atoms with Crippen molar-refractivity contribution in [2.45, 2.75) is 43.6 Å². The standard InChI is InChI=1S/C20H25N/c1-21-19(14-8-11-17-9-4-2-5-10-17)20(15-16-20)18-12-6-3-7-13-18/h2-7,9-10,12-13,19,21H,8,11,14-16H2,1H3. The second kappa shape index (κ2) is 6.44. The molecule has 1 fully saturated rings. The van der Waals surface area contributed by atoms with E-state index in [0.717, 1.165) is 0 Å². The molecule has 0 radical (unpaired) electrons. The molecule has 0 aromatic heterocycles. The molecule has 1 atom stereocenters. The molecule has 1 aliphatic rings. The van der Waals surface area contributed by atoms with Crippen molar-refractivity contribution in [2.24, 2.45) is 0 Å². The Hall–Kier alpha value is -1.60. The van der Waals surface area contributed by atoms with Crippen molar-refractivity contribution in [3.8, 4) is 0 Å². The summed E-state index contributed by atoms with van der Waals surface area (Å²) in [5.74, 6) is 0. The third kappa shape index (κ3) is 3.19. The van der Waals surface area contributed by atoms with E-state index in [4.69, 9.17) is 0 Å². The van der Waals surface area contributed by atoms with Crippen LogP contribution in [0.25, 0.3) is 0 Å². The van der Waals surface area contributed by atoms with E-state index < -0.39 is 0 Å². The smallest absolute Gasteiger partial charge is 0.0161 e. The minimum absolute atomic E-state index is 0.396. The lowest BCUT2D eigenvalue weighted by molar-refractivity contribution is 0.409. The number of rotatable bonds is 7. The first kappa shape index (κ1) is 14.3. The van der Waals surface area contributed by atoms with Crippen LogP contribution in [-0.4, -0.2) is 13.1 Å². The van der Waals surface area contributed by atoms with Gasteiger partial charge in [-0.05, 0) is 50.3 Å². The van der Waals surface area contributed by atoms with Gasteiger partial charge in [-0.3, -0.25) is 0 Å². The Morgan fingerprint density at radius 2 is 1.57 bits per heavy atom. The van der Waals surface area contributed by atoms with Gasteiger partial charge in [-0.1, -0.05) is 60.7 Å². The predicted molar refractivity (Wildman–Crippen MR) is 89.6 cm³/mol. The minimum atomic E-state index is 0.396. The average molecular weight is 279 g/mol. The Kier molecular flexibility index (Phi) is 4.40. The molecule has 2 aromatic rings. The van der Waals surface area contributed by atoms with Gasteiger partial charge in [0.15, 0.2) is 0 Å². The summed E-state index contributed by atoms with van der Waals surface area (Å²) in [5.41, 5.74) is 3.37. The number of likely N-dealkylation sites (N-methyl/N-ethyl adjacent to an activating group) is 1. The lowest BCUT2D eigenvalue weighted by Gasteiger charge is -2.27. The Labute approximate surface area is 128 Å². The van der Waals surface area contributed by atoms with Crippen LogP contribution in [0.3, 0.4) is 0 Å². The molecule has 0 heterocycles. The number of hydrogen-bond donors (Lipinski definition) is 1. The summed E-state index contributed by atoms with van der Waals surface area (Å²) in [6.07, 6.45) is 6.34. The maximum absolute atomic E-state index is 3.59. The fraction of sp³-hybridized carbons (Fsp3) is 0.400. The molecule has 21 heavy (non-hydrogen) atoms. The van der Waals surface area contributed by atoms with Gasteiger partial charge in [0.2, 0.25) is 0 Å².